The lowest BCUT2D eigenvalue weighted by Crippen LogP contribution is -2.40. The monoisotopic (exact) mass is 230 g/mol. The standard InChI is InChI=1S/C13H14N2O2/c1-3-15-11-7-5-4-6-10(11)13(12(15)16)8-9(2)14-17-13/h4-7H,3,8H2,1-2H3/t13-/m1/s1. The van der Waals surface area contributed by atoms with E-state index in [-0.39, 0.29) is 5.91 Å². The summed E-state index contributed by atoms with van der Waals surface area (Å²) >= 11 is 0. The van der Waals surface area contributed by atoms with Gasteiger partial charge in [-0.2, -0.15) is 0 Å². The SMILES string of the molecule is CCN1C(=O)[C@@]2(CC(C)=NO2)c2ccccc21. The first-order valence-corrected chi connectivity index (χ1v) is 5.82. The van der Waals surface area contributed by atoms with Crippen LogP contribution in [0.4, 0.5) is 5.69 Å². The molecule has 1 spiro atoms. The molecular weight excluding hydrogens is 216 g/mol. The van der Waals surface area contributed by atoms with Crippen molar-refractivity contribution in [3.05, 3.63) is 29.8 Å². The minimum atomic E-state index is -0.892. The minimum Gasteiger partial charge on any atom is -0.374 e. The van der Waals surface area contributed by atoms with Crippen molar-refractivity contribution in [1.82, 2.24) is 0 Å². The Morgan fingerprint density at radius 2 is 2.24 bits per heavy atom. The van der Waals surface area contributed by atoms with Crippen LogP contribution in [-0.2, 0) is 15.2 Å². The molecule has 2 aliphatic rings. The van der Waals surface area contributed by atoms with E-state index < -0.39 is 5.60 Å². The highest BCUT2D eigenvalue weighted by molar-refractivity contribution is 6.10. The highest BCUT2D eigenvalue weighted by Gasteiger charge is 2.55. The average Bonchev–Trinajstić information content (AvgIpc) is 2.83. The predicted molar refractivity (Wildman–Crippen MR) is 65.0 cm³/mol. The van der Waals surface area contributed by atoms with Crippen LogP contribution in [-0.4, -0.2) is 18.2 Å². The third-order valence-electron chi connectivity index (χ3n) is 3.40. The van der Waals surface area contributed by atoms with E-state index in [0.29, 0.717) is 13.0 Å². The maximum Gasteiger partial charge on any atom is 0.279 e. The van der Waals surface area contributed by atoms with Crippen molar-refractivity contribution in [2.45, 2.75) is 25.9 Å². The van der Waals surface area contributed by atoms with Gasteiger partial charge in [0.05, 0.1) is 11.4 Å². The number of hydrogen-bond acceptors (Lipinski definition) is 3. The van der Waals surface area contributed by atoms with E-state index in [0.717, 1.165) is 17.0 Å². The number of benzene rings is 1. The minimum absolute atomic E-state index is 0.00167. The summed E-state index contributed by atoms with van der Waals surface area (Å²) in [5.74, 6) is 0.00167. The van der Waals surface area contributed by atoms with Crippen LogP contribution in [0.1, 0.15) is 25.8 Å². The average molecular weight is 230 g/mol. The van der Waals surface area contributed by atoms with Crippen LogP contribution in [0, 0.1) is 0 Å². The number of anilines is 1. The summed E-state index contributed by atoms with van der Waals surface area (Å²) in [5, 5.41) is 3.96. The van der Waals surface area contributed by atoms with Gasteiger partial charge in [-0.3, -0.25) is 4.79 Å². The zero-order valence-corrected chi connectivity index (χ0v) is 9.93. The van der Waals surface area contributed by atoms with Gasteiger partial charge in [0.2, 0.25) is 5.60 Å². The Morgan fingerprint density at radius 1 is 1.47 bits per heavy atom. The quantitative estimate of drug-likeness (QED) is 0.741. The van der Waals surface area contributed by atoms with Crippen molar-refractivity contribution in [2.24, 2.45) is 5.16 Å². The summed E-state index contributed by atoms with van der Waals surface area (Å²) in [6.45, 7) is 4.51. The first kappa shape index (κ1) is 10.3. The molecular formula is C13H14N2O2. The number of oxime groups is 1. The van der Waals surface area contributed by atoms with Gasteiger partial charge >= 0.3 is 0 Å². The Kier molecular flexibility index (Phi) is 2.02. The Morgan fingerprint density at radius 3 is 2.88 bits per heavy atom. The van der Waals surface area contributed by atoms with Gasteiger partial charge in [-0.1, -0.05) is 23.4 Å². The molecule has 17 heavy (non-hydrogen) atoms. The molecule has 2 aliphatic heterocycles. The molecule has 4 nitrogen and oxygen atoms in total. The molecule has 88 valence electrons. The fourth-order valence-corrected chi connectivity index (χ4v) is 2.65. The molecule has 0 aromatic heterocycles. The van der Waals surface area contributed by atoms with Crippen LogP contribution >= 0.6 is 0 Å². The lowest BCUT2D eigenvalue weighted by molar-refractivity contribution is -0.140. The van der Waals surface area contributed by atoms with Gasteiger partial charge in [-0.15, -0.1) is 0 Å². The zero-order chi connectivity index (χ0) is 12.0. The van der Waals surface area contributed by atoms with Gasteiger partial charge in [0.1, 0.15) is 0 Å². The number of carbonyl (C=O) groups excluding carboxylic acids is 1. The second kappa shape index (κ2) is 3.32. The van der Waals surface area contributed by atoms with Crippen LogP contribution in [0.25, 0.3) is 0 Å². The second-order valence-corrected chi connectivity index (χ2v) is 4.49. The van der Waals surface area contributed by atoms with Crippen LogP contribution < -0.4 is 4.90 Å². The van der Waals surface area contributed by atoms with Gasteiger partial charge in [0, 0.05) is 18.5 Å². The summed E-state index contributed by atoms with van der Waals surface area (Å²) in [5.41, 5.74) is 1.86. The molecule has 1 aromatic rings. The van der Waals surface area contributed by atoms with Crippen molar-refractivity contribution < 1.29 is 9.63 Å². The van der Waals surface area contributed by atoms with Gasteiger partial charge in [0.15, 0.2) is 0 Å². The van der Waals surface area contributed by atoms with E-state index in [1.807, 2.05) is 38.1 Å². The number of hydrogen-bond donors (Lipinski definition) is 0. The maximum absolute atomic E-state index is 12.5. The normalized spacial score (nSPS) is 26.1. The highest BCUT2D eigenvalue weighted by atomic mass is 16.7. The lowest BCUT2D eigenvalue weighted by Gasteiger charge is -2.20. The molecule has 0 N–H and O–H groups in total. The molecule has 0 radical (unpaired) electrons. The van der Waals surface area contributed by atoms with Crippen LogP contribution in [0.15, 0.2) is 29.4 Å². The first-order valence-electron chi connectivity index (χ1n) is 5.82. The summed E-state index contributed by atoms with van der Waals surface area (Å²) in [4.78, 5) is 19.7. The fraction of sp³-hybridized carbons (Fsp3) is 0.385. The Balaban J connectivity index is 2.16. The summed E-state index contributed by atoms with van der Waals surface area (Å²) in [7, 11) is 0. The third kappa shape index (κ3) is 1.18. The van der Waals surface area contributed by atoms with E-state index >= 15 is 0 Å². The van der Waals surface area contributed by atoms with Crippen LogP contribution in [0.2, 0.25) is 0 Å². The molecule has 0 saturated carbocycles. The third-order valence-corrected chi connectivity index (χ3v) is 3.40. The van der Waals surface area contributed by atoms with Crippen molar-refractivity contribution in [1.29, 1.82) is 0 Å². The number of nitrogens with zero attached hydrogens (tertiary/aromatic N) is 2. The second-order valence-electron chi connectivity index (χ2n) is 4.49. The van der Waals surface area contributed by atoms with Gasteiger partial charge < -0.3 is 9.74 Å². The molecule has 0 unspecified atom stereocenters. The molecule has 1 amide bonds. The van der Waals surface area contributed by atoms with Gasteiger partial charge in [-0.25, -0.2) is 0 Å². The molecule has 0 bridgehead atoms. The summed E-state index contributed by atoms with van der Waals surface area (Å²) < 4.78 is 0. The highest BCUT2D eigenvalue weighted by Crippen LogP contribution is 2.47. The van der Waals surface area contributed by atoms with Crippen molar-refractivity contribution in [3.8, 4) is 0 Å². The van der Waals surface area contributed by atoms with Crippen molar-refractivity contribution in [2.75, 3.05) is 11.4 Å². The van der Waals surface area contributed by atoms with Crippen molar-refractivity contribution >= 4 is 17.3 Å². The predicted octanol–water partition coefficient (Wildman–Crippen LogP) is 2.04. The van der Waals surface area contributed by atoms with E-state index in [2.05, 4.69) is 5.16 Å². The first-order chi connectivity index (χ1) is 8.19. The number of likely N-dealkylation sites (N-methyl/N-ethyl adjacent to an activating group) is 1. The number of carbonyl (C=O) groups is 1. The number of fused-ring (bicyclic) bond motifs is 2. The van der Waals surface area contributed by atoms with E-state index in [1.165, 1.54) is 0 Å². The topological polar surface area (TPSA) is 41.9 Å². The summed E-state index contributed by atoms with van der Waals surface area (Å²) in [6, 6.07) is 7.79. The van der Waals surface area contributed by atoms with Crippen LogP contribution in [0.3, 0.4) is 0 Å². The number of amides is 1. The molecule has 0 aliphatic carbocycles. The van der Waals surface area contributed by atoms with E-state index in [1.54, 1.807) is 4.90 Å². The molecule has 1 atom stereocenters. The molecule has 2 heterocycles. The van der Waals surface area contributed by atoms with Gasteiger partial charge in [0.25, 0.3) is 5.91 Å². The van der Waals surface area contributed by atoms with Gasteiger partial charge in [-0.05, 0) is 19.9 Å². The van der Waals surface area contributed by atoms with Crippen molar-refractivity contribution in [3.63, 3.8) is 0 Å². The zero-order valence-electron chi connectivity index (χ0n) is 9.93. The Labute approximate surface area is 99.9 Å². The smallest absolute Gasteiger partial charge is 0.279 e. The molecule has 0 saturated heterocycles. The Bertz CT molecular complexity index is 524. The molecule has 0 fully saturated rings. The number of para-hydroxylation sites is 1. The maximum atomic E-state index is 12.5. The molecule has 4 heteroatoms. The molecule has 1 aromatic carbocycles. The van der Waals surface area contributed by atoms with Crippen LogP contribution in [0.5, 0.6) is 0 Å². The number of rotatable bonds is 1. The Hall–Kier alpha value is -1.84. The lowest BCUT2D eigenvalue weighted by atomic mass is 9.91. The molecule has 3 rings (SSSR count). The summed E-state index contributed by atoms with van der Waals surface area (Å²) in [6.07, 6.45) is 0.555. The van der Waals surface area contributed by atoms with E-state index in [9.17, 15) is 4.79 Å². The fourth-order valence-electron chi connectivity index (χ4n) is 2.65. The largest absolute Gasteiger partial charge is 0.374 e. The van der Waals surface area contributed by atoms with E-state index in [4.69, 9.17) is 4.84 Å².